The van der Waals surface area contributed by atoms with Crippen molar-refractivity contribution < 1.29 is 10.0 Å². The quantitative estimate of drug-likeness (QED) is 0.650. The minimum absolute atomic E-state index is 0.296. The number of pyridine rings is 1. The second-order valence-corrected chi connectivity index (χ2v) is 7.62. The SMILES string of the molecule is O=C(NO)c1cc2c(cn1)CN(C1CC3(CCCCC3)C1)CC2. The van der Waals surface area contributed by atoms with Crippen molar-refractivity contribution in [1.29, 1.82) is 0 Å². The Morgan fingerprint density at radius 1 is 1.26 bits per heavy atom. The second-order valence-electron chi connectivity index (χ2n) is 7.62. The third-order valence-electron chi connectivity index (χ3n) is 6.23. The number of nitrogens with zero attached hydrogens (tertiary/aromatic N) is 2. The fourth-order valence-electron chi connectivity index (χ4n) is 4.86. The van der Waals surface area contributed by atoms with Gasteiger partial charge in [-0.15, -0.1) is 0 Å². The number of aromatic nitrogens is 1. The Morgan fingerprint density at radius 2 is 2.04 bits per heavy atom. The molecular formula is C18H25N3O2. The molecule has 0 unspecified atom stereocenters. The number of hydrogen-bond acceptors (Lipinski definition) is 4. The van der Waals surface area contributed by atoms with E-state index >= 15 is 0 Å². The summed E-state index contributed by atoms with van der Waals surface area (Å²) in [6.45, 7) is 2.02. The molecule has 1 amide bonds. The fourth-order valence-corrected chi connectivity index (χ4v) is 4.86. The Bertz CT molecular complexity index is 602. The van der Waals surface area contributed by atoms with Crippen LogP contribution >= 0.6 is 0 Å². The third kappa shape index (κ3) is 2.76. The van der Waals surface area contributed by atoms with Crippen molar-refractivity contribution >= 4 is 5.91 Å². The monoisotopic (exact) mass is 315 g/mol. The maximum atomic E-state index is 11.5. The van der Waals surface area contributed by atoms with Crippen molar-refractivity contribution in [3.63, 3.8) is 0 Å². The first-order valence-electron chi connectivity index (χ1n) is 8.85. The van der Waals surface area contributed by atoms with Gasteiger partial charge in [0, 0.05) is 25.3 Å². The summed E-state index contributed by atoms with van der Waals surface area (Å²) >= 11 is 0. The van der Waals surface area contributed by atoms with Crippen LogP contribution in [0.1, 0.15) is 66.6 Å². The Labute approximate surface area is 137 Å². The topological polar surface area (TPSA) is 65.5 Å². The zero-order valence-corrected chi connectivity index (χ0v) is 13.6. The lowest BCUT2D eigenvalue weighted by Gasteiger charge is -2.54. The number of amides is 1. The average molecular weight is 315 g/mol. The van der Waals surface area contributed by atoms with Crippen LogP contribution in [0.4, 0.5) is 0 Å². The number of carbonyl (C=O) groups is 1. The van der Waals surface area contributed by atoms with Crippen LogP contribution < -0.4 is 5.48 Å². The summed E-state index contributed by atoms with van der Waals surface area (Å²) in [5.41, 5.74) is 5.05. The lowest BCUT2D eigenvalue weighted by molar-refractivity contribution is -0.0308. The fraction of sp³-hybridized carbons (Fsp3) is 0.667. The number of hydrogen-bond donors (Lipinski definition) is 2. The van der Waals surface area contributed by atoms with E-state index in [1.54, 1.807) is 11.7 Å². The van der Waals surface area contributed by atoms with E-state index < -0.39 is 5.91 Å². The van der Waals surface area contributed by atoms with E-state index in [1.807, 2.05) is 6.07 Å². The van der Waals surface area contributed by atoms with E-state index in [0.29, 0.717) is 11.1 Å². The van der Waals surface area contributed by atoms with E-state index in [2.05, 4.69) is 9.88 Å². The molecule has 4 rings (SSSR count). The predicted molar refractivity (Wildman–Crippen MR) is 86.1 cm³/mol. The van der Waals surface area contributed by atoms with Gasteiger partial charge >= 0.3 is 0 Å². The van der Waals surface area contributed by atoms with Gasteiger partial charge in [0.25, 0.3) is 5.91 Å². The first-order chi connectivity index (χ1) is 11.2. The number of fused-ring (bicyclic) bond motifs is 1. The summed E-state index contributed by atoms with van der Waals surface area (Å²) in [6, 6.07) is 2.56. The minimum atomic E-state index is -0.534. The highest BCUT2D eigenvalue weighted by Gasteiger charge is 2.46. The molecule has 1 aromatic heterocycles. The number of rotatable bonds is 2. The largest absolute Gasteiger partial charge is 0.296 e. The Kier molecular flexibility index (Phi) is 3.85. The van der Waals surface area contributed by atoms with Crippen LogP contribution in [-0.4, -0.2) is 33.6 Å². The molecule has 1 aromatic rings. The van der Waals surface area contributed by atoms with Crippen LogP contribution in [0.5, 0.6) is 0 Å². The molecule has 5 heteroatoms. The summed E-state index contributed by atoms with van der Waals surface area (Å²) < 4.78 is 0. The highest BCUT2D eigenvalue weighted by Crippen LogP contribution is 2.53. The maximum absolute atomic E-state index is 11.5. The van der Waals surface area contributed by atoms with Gasteiger partial charge in [-0.2, -0.15) is 0 Å². The molecule has 0 aromatic carbocycles. The number of hydroxylamine groups is 1. The first-order valence-corrected chi connectivity index (χ1v) is 8.85. The van der Waals surface area contributed by atoms with Crippen molar-refractivity contribution in [2.45, 2.75) is 64.0 Å². The van der Waals surface area contributed by atoms with E-state index in [-0.39, 0.29) is 0 Å². The lowest BCUT2D eigenvalue weighted by Crippen LogP contribution is -2.52. The van der Waals surface area contributed by atoms with Crippen molar-refractivity contribution in [3.8, 4) is 0 Å². The molecule has 23 heavy (non-hydrogen) atoms. The molecule has 2 fully saturated rings. The molecule has 1 aliphatic heterocycles. The third-order valence-corrected chi connectivity index (χ3v) is 6.23. The summed E-state index contributed by atoms with van der Waals surface area (Å²) in [5.74, 6) is -0.534. The van der Waals surface area contributed by atoms with E-state index in [1.165, 1.54) is 56.1 Å². The maximum Gasteiger partial charge on any atom is 0.293 e. The van der Waals surface area contributed by atoms with Gasteiger partial charge in [0.2, 0.25) is 0 Å². The van der Waals surface area contributed by atoms with Crippen molar-refractivity contribution in [2.75, 3.05) is 6.54 Å². The standard InChI is InChI=1S/C18H25N3O2/c22-17(20-23)16-8-13-4-7-21(12-14(13)11-19-16)15-9-18(10-15)5-2-1-3-6-18/h8,11,15,23H,1-7,9-10,12H2,(H,20,22). The molecule has 0 radical (unpaired) electrons. The molecule has 0 atom stereocenters. The Hall–Kier alpha value is -1.46. The van der Waals surface area contributed by atoms with Gasteiger partial charge in [-0.05, 0) is 54.7 Å². The summed E-state index contributed by atoms with van der Waals surface area (Å²) in [4.78, 5) is 18.3. The van der Waals surface area contributed by atoms with E-state index in [9.17, 15) is 4.79 Å². The van der Waals surface area contributed by atoms with Gasteiger partial charge in [-0.25, -0.2) is 5.48 Å². The molecule has 2 saturated carbocycles. The van der Waals surface area contributed by atoms with Crippen LogP contribution in [0.2, 0.25) is 0 Å². The first kappa shape index (κ1) is 15.1. The molecule has 0 saturated heterocycles. The van der Waals surface area contributed by atoms with E-state index in [4.69, 9.17) is 5.21 Å². The molecule has 2 heterocycles. The Balaban J connectivity index is 1.41. The van der Waals surface area contributed by atoms with Crippen molar-refractivity contribution in [3.05, 3.63) is 29.1 Å². The molecular weight excluding hydrogens is 290 g/mol. The highest BCUT2D eigenvalue weighted by atomic mass is 16.5. The molecule has 1 spiro atoms. The van der Waals surface area contributed by atoms with Crippen LogP contribution in [0.25, 0.3) is 0 Å². The van der Waals surface area contributed by atoms with Gasteiger partial charge < -0.3 is 0 Å². The zero-order chi connectivity index (χ0) is 15.9. The normalized spacial score (nSPS) is 24.0. The molecule has 2 aliphatic carbocycles. The molecule has 124 valence electrons. The van der Waals surface area contributed by atoms with Gasteiger partial charge in [0.15, 0.2) is 0 Å². The van der Waals surface area contributed by atoms with Gasteiger partial charge in [0.1, 0.15) is 5.69 Å². The van der Waals surface area contributed by atoms with Crippen LogP contribution in [0.3, 0.4) is 0 Å². The number of carbonyl (C=O) groups excluding carboxylic acids is 1. The van der Waals surface area contributed by atoms with Crippen molar-refractivity contribution in [2.24, 2.45) is 5.41 Å². The predicted octanol–water partition coefficient (Wildman–Crippen LogP) is 2.67. The minimum Gasteiger partial charge on any atom is -0.296 e. The van der Waals surface area contributed by atoms with Gasteiger partial charge in [-0.3, -0.25) is 19.9 Å². The molecule has 5 nitrogen and oxygen atoms in total. The van der Waals surface area contributed by atoms with Crippen LogP contribution in [0, 0.1) is 5.41 Å². The van der Waals surface area contributed by atoms with Gasteiger partial charge in [-0.1, -0.05) is 19.3 Å². The molecule has 0 bridgehead atoms. The zero-order valence-electron chi connectivity index (χ0n) is 13.6. The van der Waals surface area contributed by atoms with Crippen molar-refractivity contribution in [1.82, 2.24) is 15.4 Å². The summed E-state index contributed by atoms with van der Waals surface area (Å²) in [7, 11) is 0. The van der Waals surface area contributed by atoms with E-state index in [0.717, 1.165) is 25.6 Å². The molecule has 3 aliphatic rings. The average Bonchev–Trinajstić information content (AvgIpc) is 2.58. The van der Waals surface area contributed by atoms with Crippen LogP contribution in [-0.2, 0) is 13.0 Å². The number of nitrogens with one attached hydrogen (secondary N) is 1. The summed E-state index contributed by atoms with van der Waals surface area (Å²) in [6.07, 6.45) is 12.7. The Morgan fingerprint density at radius 3 is 2.78 bits per heavy atom. The smallest absolute Gasteiger partial charge is 0.293 e. The lowest BCUT2D eigenvalue weighted by atomic mass is 9.58. The summed E-state index contributed by atoms with van der Waals surface area (Å²) in [5, 5.41) is 8.72. The molecule has 2 N–H and O–H groups in total. The van der Waals surface area contributed by atoms with Crippen LogP contribution in [0.15, 0.2) is 12.3 Å². The van der Waals surface area contributed by atoms with Gasteiger partial charge in [0.05, 0.1) is 0 Å². The second kappa shape index (κ2) is 5.87. The highest BCUT2D eigenvalue weighted by molar-refractivity contribution is 5.91.